The second kappa shape index (κ2) is 3.87. The molecule has 0 fully saturated rings. The summed E-state index contributed by atoms with van der Waals surface area (Å²) >= 11 is 0. The summed E-state index contributed by atoms with van der Waals surface area (Å²) in [7, 11) is 0. The second-order valence-electron chi connectivity index (χ2n) is 3.22. The van der Waals surface area contributed by atoms with Gasteiger partial charge in [0.2, 0.25) is 0 Å². The molecule has 0 saturated heterocycles. The standard InChI is InChI=1S/C11H8N4O/c12-6-7-2-1-3-8(4-7)9-5-10(11(13)16)15-14-9/h1-5H,(H2,13,16)(H,14,15). The number of nitrogens with two attached hydrogens (primary N) is 1. The van der Waals surface area contributed by atoms with E-state index in [1.807, 2.05) is 12.1 Å². The van der Waals surface area contributed by atoms with Crippen LogP contribution < -0.4 is 5.73 Å². The Kier molecular flexibility index (Phi) is 2.40. The number of aromatic amines is 1. The molecule has 3 N–H and O–H groups in total. The number of carbonyl (C=O) groups excluding carboxylic acids is 1. The molecule has 1 amide bonds. The number of nitrogens with one attached hydrogen (secondary N) is 1. The van der Waals surface area contributed by atoms with Crippen LogP contribution in [0.2, 0.25) is 0 Å². The van der Waals surface area contributed by atoms with Gasteiger partial charge in [0, 0.05) is 5.56 Å². The van der Waals surface area contributed by atoms with Crippen molar-refractivity contribution in [2.24, 2.45) is 5.73 Å². The number of rotatable bonds is 2. The zero-order valence-electron chi connectivity index (χ0n) is 8.27. The van der Waals surface area contributed by atoms with E-state index in [9.17, 15) is 4.79 Å². The van der Waals surface area contributed by atoms with Crippen molar-refractivity contribution in [2.75, 3.05) is 0 Å². The predicted molar refractivity (Wildman–Crippen MR) is 57.3 cm³/mol. The minimum atomic E-state index is -0.560. The van der Waals surface area contributed by atoms with Crippen molar-refractivity contribution in [1.29, 1.82) is 5.26 Å². The van der Waals surface area contributed by atoms with Gasteiger partial charge in [-0.15, -0.1) is 0 Å². The Morgan fingerprint density at radius 2 is 2.25 bits per heavy atom. The highest BCUT2D eigenvalue weighted by Crippen LogP contribution is 2.18. The number of primary amides is 1. The lowest BCUT2D eigenvalue weighted by atomic mass is 10.1. The van der Waals surface area contributed by atoms with Crippen molar-refractivity contribution in [3.63, 3.8) is 0 Å². The fourth-order valence-electron chi connectivity index (χ4n) is 1.34. The molecule has 0 spiro atoms. The van der Waals surface area contributed by atoms with Crippen LogP contribution in [0.5, 0.6) is 0 Å². The quantitative estimate of drug-likeness (QED) is 0.778. The van der Waals surface area contributed by atoms with Crippen LogP contribution >= 0.6 is 0 Å². The summed E-state index contributed by atoms with van der Waals surface area (Å²) < 4.78 is 0. The third-order valence-electron chi connectivity index (χ3n) is 2.13. The number of aromatic nitrogens is 2. The third-order valence-corrected chi connectivity index (χ3v) is 2.13. The van der Waals surface area contributed by atoms with E-state index >= 15 is 0 Å². The fourth-order valence-corrected chi connectivity index (χ4v) is 1.34. The first-order valence-electron chi connectivity index (χ1n) is 4.56. The number of nitriles is 1. The molecule has 5 nitrogen and oxygen atoms in total. The zero-order chi connectivity index (χ0) is 11.5. The number of nitrogens with zero attached hydrogens (tertiary/aromatic N) is 2. The van der Waals surface area contributed by atoms with Crippen LogP contribution in [-0.4, -0.2) is 16.1 Å². The van der Waals surface area contributed by atoms with E-state index in [1.165, 1.54) is 0 Å². The van der Waals surface area contributed by atoms with E-state index in [0.29, 0.717) is 11.3 Å². The molecule has 0 atom stereocenters. The summed E-state index contributed by atoms with van der Waals surface area (Å²) in [6.45, 7) is 0. The molecular weight excluding hydrogens is 204 g/mol. The van der Waals surface area contributed by atoms with Gasteiger partial charge in [-0.25, -0.2) is 0 Å². The molecule has 0 aliphatic heterocycles. The van der Waals surface area contributed by atoms with Gasteiger partial charge in [0.25, 0.3) is 5.91 Å². The van der Waals surface area contributed by atoms with Crippen molar-refractivity contribution in [2.45, 2.75) is 0 Å². The van der Waals surface area contributed by atoms with Crippen molar-refractivity contribution in [1.82, 2.24) is 10.2 Å². The number of carbonyl (C=O) groups is 1. The van der Waals surface area contributed by atoms with Crippen LogP contribution in [0.3, 0.4) is 0 Å². The van der Waals surface area contributed by atoms with Crippen LogP contribution in [0.15, 0.2) is 30.3 Å². The average molecular weight is 212 g/mol. The lowest BCUT2D eigenvalue weighted by molar-refractivity contribution is 0.0995. The minimum Gasteiger partial charge on any atom is -0.364 e. The summed E-state index contributed by atoms with van der Waals surface area (Å²) in [4.78, 5) is 10.9. The molecule has 1 heterocycles. The molecule has 2 rings (SSSR count). The van der Waals surface area contributed by atoms with Crippen molar-refractivity contribution < 1.29 is 4.79 Å². The van der Waals surface area contributed by atoms with Crippen LogP contribution in [0.4, 0.5) is 0 Å². The lowest BCUT2D eigenvalue weighted by Gasteiger charge is -1.95. The average Bonchev–Trinajstić information content (AvgIpc) is 2.78. The molecule has 0 radical (unpaired) electrons. The Hall–Kier alpha value is -2.61. The van der Waals surface area contributed by atoms with Gasteiger partial charge in [-0.1, -0.05) is 12.1 Å². The Morgan fingerprint density at radius 3 is 2.88 bits per heavy atom. The fraction of sp³-hybridized carbons (Fsp3) is 0. The first kappa shape index (κ1) is 9.93. The normalized spacial score (nSPS) is 9.69. The van der Waals surface area contributed by atoms with E-state index in [0.717, 1.165) is 5.56 Å². The molecule has 5 heteroatoms. The predicted octanol–water partition coefficient (Wildman–Crippen LogP) is 1.05. The molecule has 1 aromatic heterocycles. The minimum absolute atomic E-state index is 0.248. The molecule has 0 saturated carbocycles. The van der Waals surface area contributed by atoms with E-state index in [-0.39, 0.29) is 5.69 Å². The lowest BCUT2D eigenvalue weighted by Crippen LogP contribution is -2.10. The maximum atomic E-state index is 10.9. The van der Waals surface area contributed by atoms with Crippen LogP contribution in [0.1, 0.15) is 16.1 Å². The third kappa shape index (κ3) is 1.77. The number of hydrogen-bond acceptors (Lipinski definition) is 3. The number of amides is 1. The van der Waals surface area contributed by atoms with Gasteiger partial charge in [0.15, 0.2) is 0 Å². The number of benzene rings is 1. The molecule has 0 aliphatic rings. The Morgan fingerprint density at radius 1 is 1.44 bits per heavy atom. The molecule has 16 heavy (non-hydrogen) atoms. The first-order valence-corrected chi connectivity index (χ1v) is 4.56. The highest BCUT2D eigenvalue weighted by molar-refractivity contribution is 5.91. The molecule has 1 aromatic carbocycles. The first-order chi connectivity index (χ1) is 7.70. The molecule has 0 bridgehead atoms. The topological polar surface area (TPSA) is 95.6 Å². The maximum Gasteiger partial charge on any atom is 0.266 e. The van der Waals surface area contributed by atoms with Crippen molar-refractivity contribution in [3.05, 3.63) is 41.6 Å². The summed E-state index contributed by atoms with van der Waals surface area (Å²) in [5.41, 5.74) is 7.24. The summed E-state index contributed by atoms with van der Waals surface area (Å²) in [5, 5.41) is 15.2. The van der Waals surface area contributed by atoms with Gasteiger partial charge in [-0.3, -0.25) is 9.89 Å². The second-order valence-corrected chi connectivity index (χ2v) is 3.22. The molecular formula is C11H8N4O. The van der Waals surface area contributed by atoms with Crippen molar-refractivity contribution >= 4 is 5.91 Å². The van der Waals surface area contributed by atoms with Gasteiger partial charge in [-0.2, -0.15) is 10.4 Å². The van der Waals surface area contributed by atoms with Crippen LogP contribution in [-0.2, 0) is 0 Å². The molecule has 78 valence electrons. The molecule has 2 aromatic rings. The summed E-state index contributed by atoms with van der Waals surface area (Å²) in [6.07, 6.45) is 0. The number of hydrogen-bond donors (Lipinski definition) is 2. The Labute approximate surface area is 91.5 Å². The van der Waals surface area contributed by atoms with Gasteiger partial charge in [0.05, 0.1) is 17.3 Å². The van der Waals surface area contributed by atoms with E-state index in [4.69, 9.17) is 11.0 Å². The van der Waals surface area contributed by atoms with E-state index in [2.05, 4.69) is 10.2 Å². The Bertz CT molecular complexity index is 580. The monoisotopic (exact) mass is 212 g/mol. The van der Waals surface area contributed by atoms with Crippen LogP contribution in [0.25, 0.3) is 11.3 Å². The number of H-pyrrole nitrogens is 1. The smallest absolute Gasteiger partial charge is 0.266 e. The largest absolute Gasteiger partial charge is 0.364 e. The zero-order valence-corrected chi connectivity index (χ0v) is 8.27. The summed E-state index contributed by atoms with van der Waals surface area (Å²) in [5.74, 6) is -0.560. The SMILES string of the molecule is N#Cc1cccc(-c2cc(C(N)=O)[nH]n2)c1. The highest BCUT2D eigenvalue weighted by atomic mass is 16.1. The van der Waals surface area contributed by atoms with Gasteiger partial charge in [-0.05, 0) is 18.2 Å². The highest BCUT2D eigenvalue weighted by Gasteiger charge is 2.07. The van der Waals surface area contributed by atoms with E-state index < -0.39 is 5.91 Å². The Balaban J connectivity index is 2.43. The van der Waals surface area contributed by atoms with E-state index in [1.54, 1.807) is 24.3 Å². The van der Waals surface area contributed by atoms with Crippen LogP contribution in [0, 0.1) is 11.3 Å². The van der Waals surface area contributed by atoms with Gasteiger partial charge >= 0.3 is 0 Å². The van der Waals surface area contributed by atoms with Gasteiger partial charge in [0.1, 0.15) is 5.69 Å². The summed E-state index contributed by atoms with van der Waals surface area (Å²) in [6, 6.07) is 10.6. The molecule has 0 unspecified atom stereocenters. The van der Waals surface area contributed by atoms with Crippen molar-refractivity contribution in [3.8, 4) is 17.3 Å². The maximum absolute atomic E-state index is 10.9. The van der Waals surface area contributed by atoms with Gasteiger partial charge < -0.3 is 5.73 Å². The molecule has 0 aliphatic carbocycles.